The average molecular weight is 432 g/mol. The van der Waals surface area contributed by atoms with Crippen molar-refractivity contribution in [2.45, 2.75) is 58.4 Å². The molecule has 0 aliphatic carbocycles. The molecular weight excluding hydrogens is 402 g/mol. The second-order valence-corrected chi connectivity index (χ2v) is 14.0. The minimum absolute atomic E-state index is 0.0671. The number of aromatic nitrogens is 4. The maximum atomic E-state index is 6.30. The van der Waals surface area contributed by atoms with E-state index >= 15 is 0 Å². The molecule has 1 aromatic carbocycles. The fourth-order valence-electron chi connectivity index (χ4n) is 2.83. The topological polar surface area (TPSA) is 64.9 Å². The van der Waals surface area contributed by atoms with Crippen molar-refractivity contribution in [3.05, 3.63) is 47.5 Å². The Hall–Kier alpha value is -1.96. The lowest BCUT2D eigenvalue weighted by atomic mass is 10.1. The van der Waals surface area contributed by atoms with Crippen LogP contribution in [0.15, 0.2) is 36.7 Å². The molecule has 0 bridgehead atoms. The number of nitrogens with zero attached hydrogens (tertiary/aromatic N) is 4. The fraction of sp³-hybridized carbons (Fsp3) is 0.476. The third kappa shape index (κ3) is 4.97. The van der Waals surface area contributed by atoms with E-state index in [0.717, 1.165) is 5.56 Å². The quantitative estimate of drug-likeness (QED) is 0.385. The van der Waals surface area contributed by atoms with Gasteiger partial charge in [-0.2, -0.15) is 9.97 Å². The van der Waals surface area contributed by atoms with Gasteiger partial charge in [0.25, 0.3) is 0 Å². The summed E-state index contributed by atoms with van der Waals surface area (Å²) in [6.07, 6.45) is 1.78. The molecule has 0 aliphatic heterocycles. The third-order valence-electron chi connectivity index (χ3n) is 5.69. The smallest absolute Gasteiger partial charge is 0.226 e. The SMILES string of the molecule is C[C@H](Nc1nc(Cl)nc2c1ncn2CCO[Si](C)(C)C(C)(C)C)c1ccccc1. The maximum Gasteiger partial charge on any atom is 0.226 e. The predicted molar refractivity (Wildman–Crippen MR) is 122 cm³/mol. The summed E-state index contributed by atoms with van der Waals surface area (Å²) < 4.78 is 8.28. The lowest BCUT2D eigenvalue weighted by molar-refractivity contribution is 0.273. The molecule has 29 heavy (non-hydrogen) atoms. The van der Waals surface area contributed by atoms with Gasteiger partial charge < -0.3 is 14.3 Å². The maximum absolute atomic E-state index is 6.30. The largest absolute Gasteiger partial charge is 0.415 e. The van der Waals surface area contributed by atoms with Gasteiger partial charge in [-0.15, -0.1) is 0 Å². The van der Waals surface area contributed by atoms with Gasteiger partial charge in [-0.25, -0.2) is 4.98 Å². The molecular formula is C21H30ClN5OSi. The van der Waals surface area contributed by atoms with E-state index in [-0.39, 0.29) is 16.4 Å². The average Bonchev–Trinajstić information content (AvgIpc) is 3.04. The van der Waals surface area contributed by atoms with Crippen molar-refractivity contribution < 1.29 is 4.43 Å². The normalized spacial score (nSPS) is 13.6. The van der Waals surface area contributed by atoms with E-state index in [0.29, 0.717) is 30.1 Å². The summed E-state index contributed by atoms with van der Waals surface area (Å²) in [4.78, 5) is 13.3. The van der Waals surface area contributed by atoms with Crippen LogP contribution in [0.3, 0.4) is 0 Å². The Morgan fingerprint density at radius 2 is 1.86 bits per heavy atom. The zero-order chi connectivity index (χ0) is 21.2. The summed E-state index contributed by atoms with van der Waals surface area (Å²) in [5.74, 6) is 0.639. The van der Waals surface area contributed by atoms with Crippen LogP contribution < -0.4 is 5.32 Å². The molecule has 8 heteroatoms. The van der Waals surface area contributed by atoms with E-state index in [1.807, 2.05) is 22.8 Å². The van der Waals surface area contributed by atoms with Crippen molar-refractivity contribution in [1.29, 1.82) is 0 Å². The Balaban J connectivity index is 1.78. The highest BCUT2D eigenvalue weighted by Gasteiger charge is 2.36. The van der Waals surface area contributed by atoms with Crippen molar-refractivity contribution in [3.8, 4) is 0 Å². The molecule has 0 amide bonds. The second kappa shape index (κ2) is 8.42. The van der Waals surface area contributed by atoms with Gasteiger partial charge >= 0.3 is 0 Å². The number of hydrogen-bond donors (Lipinski definition) is 1. The lowest BCUT2D eigenvalue weighted by Gasteiger charge is -2.36. The Morgan fingerprint density at radius 3 is 2.52 bits per heavy atom. The Labute approximate surface area is 178 Å². The van der Waals surface area contributed by atoms with Gasteiger partial charge in [-0.3, -0.25) is 0 Å². The van der Waals surface area contributed by atoms with Gasteiger partial charge in [0, 0.05) is 6.54 Å². The first-order valence-electron chi connectivity index (χ1n) is 9.92. The highest BCUT2D eigenvalue weighted by molar-refractivity contribution is 6.74. The van der Waals surface area contributed by atoms with Crippen LogP contribution in [0.2, 0.25) is 23.4 Å². The van der Waals surface area contributed by atoms with E-state index < -0.39 is 8.32 Å². The van der Waals surface area contributed by atoms with Crippen molar-refractivity contribution >= 4 is 36.9 Å². The van der Waals surface area contributed by atoms with Crippen LogP contribution in [-0.2, 0) is 11.0 Å². The third-order valence-corrected chi connectivity index (χ3v) is 10.4. The Kier molecular flexibility index (Phi) is 6.31. The number of anilines is 1. The molecule has 0 radical (unpaired) electrons. The van der Waals surface area contributed by atoms with E-state index in [1.165, 1.54) is 0 Å². The van der Waals surface area contributed by atoms with Crippen LogP contribution in [-0.4, -0.2) is 34.4 Å². The molecule has 1 atom stereocenters. The predicted octanol–water partition coefficient (Wildman–Crippen LogP) is 5.67. The zero-order valence-electron chi connectivity index (χ0n) is 18.0. The van der Waals surface area contributed by atoms with E-state index in [2.05, 4.69) is 73.2 Å². The summed E-state index contributed by atoms with van der Waals surface area (Å²) in [6, 6.07) is 10.3. The summed E-state index contributed by atoms with van der Waals surface area (Å²) in [7, 11) is -1.79. The first kappa shape index (κ1) is 21.7. The Morgan fingerprint density at radius 1 is 1.17 bits per heavy atom. The van der Waals surface area contributed by atoms with Gasteiger partial charge in [0.2, 0.25) is 5.28 Å². The summed E-state index contributed by atoms with van der Waals surface area (Å²) >= 11 is 6.22. The van der Waals surface area contributed by atoms with Crippen LogP contribution in [0, 0.1) is 0 Å². The molecule has 0 saturated carbocycles. The Bertz CT molecular complexity index is 968. The minimum atomic E-state index is -1.79. The minimum Gasteiger partial charge on any atom is -0.415 e. The van der Waals surface area contributed by atoms with Gasteiger partial charge in [0.1, 0.15) is 0 Å². The van der Waals surface area contributed by atoms with E-state index in [9.17, 15) is 0 Å². The molecule has 0 fully saturated rings. The summed E-state index contributed by atoms with van der Waals surface area (Å²) in [5, 5.41) is 3.80. The second-order valence-electron chi connectivity index (χ2n) is 8.84. The van der Waals surface area contributed by atoms with Crippen molar-refractivity contribution in [3.63, 3.8) is 0 Å². The first-order valence-corrected chi connectivity index (χ1v) is 13.2. The van der Waals surface area contributed by atoms with Crippen LogP contribution in [0.4, 0.5) is 5.82 Å². The number of halogens is 1. The molecule has 6 nitrogen and oxygen atoms in total. The van der Waals surface area contributed by atoms with E-state index in [4.69, 9.17) is 16.0 Å². The molecule has 156 valence electrons. The molecule has 0 unspecified atom stereocenters. The standard InChI is InChI=1S/C21H30ClN5OSi/c1-15(16-10-8-7-9-11-16)24-18-17-19(26-20(22)25-18)27(14-23-17)12-13-28-29(5,6)21(2,3)4/h7-11,14-15H,12-13H2,1-6H3,(H,24,25,26)/t15-/m0/s1. The zero-order valence-corrected chi connectivity index (χ0v) is 19.8. The van der Waals surface area contributed by atoms with Crippen LogP contribution in [0.25, 0.3) is 11.2 Å². The number of hydrogen-bond acceptors (Lipinski definition) is 5. The molecule has 2 heterocycles. The van der Waals surface area contributed by atoms with Crippen molar-refractivity contribution in [2.75, 3.05) is 11.9 Å². The van der Waals surface area contributed by atoms with Crippen molar-refractivity contribution in [1.82, 2.24) is 19.5 Å². The molecule has 0 aliphatic rings. The number of nitrogens with one attached hydrogen (secondary N) is 1. The molecule has 3 rings (SSSR count). The van der Waals surface area contributed by atoms with Gasteiger partial charge in [0.15, 0.2) is 25.3 Å². The lowest BCUT2D eigenvalue weighted by Crippen LogP contribution is -2.41. The number of imidazole rings is 1. The summed E-state index contributed by atoms with van der Waals surface area (Å²) in [6.45, 7) is 14.6. The van der Waals surface area contributed by atoms with Gasteiger partial charge in [0.05, 0.1) is 19.0 Å². The monoisotopic (exact) mass is 431 g/mol. The van der Waals surface area contributed by atoms with Crippen LogP contribution in [0.5, 0.6) is 0 Å². The van der Waals surface area contributed by atoms with Crippen molar-refractivity contribution in [2.24, 2.45) is 0 Å². The number of rotatable bonds is 7. The molecule has 0 spiro atoms. The molecule has 3 aromatic rings. The van der Waals surface area contributed by atoms with Gasteiger partial charge in [-0.1, -0.05) is 51.1 Å². The fourth-order valence-corrected chi connectivity index (χ4v) is 4.03. The van der Waals surface area contributed by atoms with Gasteiger partial charge in [-0.05, 0) is 42.2 Å². The number of benzene rings is 1. The number of fused-ring (bicyclic) bond motifs is 1. The first-order chi connectivity index (χ1) is 13.6. The van der Waals surface area contributed by atoms with Crippen LogP contribution >= 0.6 is 11.6 Å². The van der Waals surface area contributed by atoms with Crippen LogP contribution in [0.1, 0.15) is 39.3 Å². The summed E-state index contributed by atoms with van der Waals surface area (Å²) in [5.41, 5.74) is 2.59. The molecule has 1 N–H and O–H groups in total. The highest BCUT2D eigenvalue weighted by Crippen LogP contribution is 2.36. The highest BCUT2D eigenvalue weighted by atomic mass is 35.5. The molecule has 0 saturated heterocycles. The molecule has 2 aromatic heterocycles. The van der Waals surface area contributed by atoms with E-state index in [1.54, 1.807) is 6.33 Å².